The number of carboxylic acids is 1. The topological polar surface area (TPSA) is 69.6 Å². The highest BCUT2D eigenvalue weighted by Crippen LogP contribution is 2.33. The van der Waals surface area contributed by atoms with E-state index in [-0.39, 0.29) is 23.8 Å². The molecular weight excluding hydrogens is 337 g/mol. The van der Waals surface area contributed by atoms with Gasteiger partial charge in [0.15, 0.2) is 0 Å². The van der Waals surface area contributed by atoms with Gasteiger partial charge in [-0.3, -0.25) is 14.5 Å². The van der Waals surface area contributed by atoms with Crippen LogP contribution in [0.2, 0.25) is 5.02 Å². The Morgan fingerprint density at radius 2 is 2.09 bits per heavy atom. The number of nitrogens with zero attached hydrogens (tertiary/aromatic N) is 1. The smallest absolute Gasteiger partial charge is 0.416 e. The molecule has 1 unspecified atom stereocenters. The number of carbonyl (C=O) groups excluding carboxylic acids is 1. The molecule has 1 aliphatic rings. The van der Waals surface area contributed by atoms with Gasteiger partial charge in [-0.2, -0.15) is 13.2 Å². The number of nitrogens with one attached hydrogen (secondary N) is 1. The Labute approximate surface area is 135 Å². The summed E-state index contributed by atoms with van der Waals surface area (Å²) in [7, 11) is 0. The van der Waals surface area contributed by atoms with E-state index in [0.717, 1.165) is 18.2 Å². The zero-order chi connectivity index (χ0) is 17.2. The molecule has 1 amide bonds. The van der Waals surface area contributed by atoms with Crippen LogP contribution in [0.25, 0.3) is 0 Å². The molecule has 0 radical (unpaired) electrons. The largest absolute Gasteiger partial charge is 0.481 e. The molecule has 1 aromatic carbocycles. The lowest BCUT2D eigenvalue weighted by Crippen LogP contribution is -2.32. The summed E-state index contributed by atoms with van der Waals surface area (Å²) >= 11 is 5.80. The molecule has 0 bridgehead atoms. The van der Waals surface area contributed by atoms with E-state index in [1.54, 1.807) is 4.90 Å². The number of amides is 1. The Morgan fingerprint density at radius 3 is 2.65 bits per heavy atom. The highest BCUT2D eigenvalue weighted by atomic mass is 35.5. The highest BCUT2D eigenvalue weighted by Gasteiger charge is 2.32. The van der Waals surface area contributed by atoms with Gasteiger partial charge in [-0.1, -0.05) is 11.6 Å². The predicted molar refractivity (Wildman–Crippen MR) is 77.3 cm³/mol. The summed E-state index contributed by atoms with van der Waals surface area (Å²) < 4.78 is 38.0. The van der Waals surface area contributed by atoms with Crippen LogP contribution in [0.4, 0.5) is 18.9 Å². The molecule has 0 aliphatic carbocycles. The number of hydrogen-bond acceptors (Lipinski definition) is 3. The number of alkyl halides is 3. The second kappa shape index (κ2) is 6.76. The monoisotopic (exact) mass is 350 g/mol. The lowest BCUT2D eigenvalue weighted by Gasteiger charge is -2.16. The molecule has 2 N–H and O–H groups in total. The SMILES string of the molecule is O=C(CN1CCC(C(=O)O)C1)Nc1cc(C(F)(F)F)ccc1Cl. The van der Waals surface area contributed by atoms with Gasteiger partial charge in [-0.25, -0.2) is 0 Å². The van der Waals surface area contributed by atoms with Gasteiger partial charge in [0.1, 0.15) is 0 Å². The molecule has 23 heavy (non-hydrogen) atoms. The maximum Gasteiger partial charge on any atom is 0.416 e. The number of benzene rings is 1. The summed E-state index contributed by atoms with van der Waals surface area (Å²) in [5.41, 5.74) is -1.04. The van der Waals surface area contributed by atoms with E-state index in [0.29, 0.717) is 13.0 Å². The summed E-state index contributed by atoms with van der Waals surface area (Å²) in [6, 6.07) is 2.66. The molecule has 1 heterocycles. The fourth-order valence-corrected chi connectivity index (χ4v) is 2.53. The predicted octanol–water partition coefficient (Wildman–Crippen LogP) is 2.70. The Hall–Kier alpha value is -1.80. The number of anilines is 1. The summed E-state index contributed by atoms with van der Waals surface area (Å²) in [5, 5.41) is 11.2. The van der Waals surface area contributed by atoms with E-state index in [9.17, 15) is 22.8 Å². The van der Waals surface area contributed by atoms with Crippen molar-refractivity contribution in [2.45, 2.75) is 12.6 Å². The van der Waals surface area contributed by atoms with Crippen molar-refractivity contribution in [2.75, 3.05) is 25.0 Å². The van der Waals surface area contributed by atoms with Crippen molar-refractivity contribution in [2.24, 2.45) is 5.92 Å². The average Bonchev–Trinajstić information content (AvgIpc) is 2.88. The Bertz CT molecular complexity index is 622. The summed E-state index contributed by atoms with van der Waals surface area (Å²) in [4.78, 5) is 24.4. The molecule has 0 aromatic heterocycles. The fourth-order valence-electron chi connectivity index (χ4n) is 2.37. The Kier molecular flexibility index (Phi) is 5.16. The highest BCUT2D eigenvalue weighted by molar-refractivity contribution is 6.33. The zero-order valence-electron chi connectivity index (χ0n) is 11.9. The van der Waals surface area contributed by atoms with Crippen LogP contribution in [-0.2, 0) is 15.8 Å². The van der Waals surface area contributed by atoms with Crippen molar-refractivity contribution in [3.8, 4) is 0 Å². The van der Waals surface area contributed by atoms with Crippen LogP contribution in [0.5, 0.6) is 0 Å². The minimum absolute atomic E-state index is 0.00353. The van der Waals surface area contributed by atoms with Gasteiger partial charge in [0.2, 0.25) is 5.91 Å². The first-order valence-electron chi connectivity index (χ1n) is 6.78. The molecule has 1 aromatic rings. The normalized spacial score (nSPS) is 18.9. The molecule has 9 heteroatoms. The molecule has 2 rings (SSSR count). The number of aliphatic carboxylic acids is 1. The minimum Gasteiger partial charge on any atom is -0.481 e. The van der Waals surface area contributed by atoms with Gasteiger partial charge < -0.3 is 10.4 Å². The Morgan fingerprint density at radius 1 is 1.39 bits per heavy atom. The van der Waals surface area contributed by atoms with Crippen LogP contribution in [0, 0.1) is 5.92 Å². The summed E-state index contributed by atoms with van der Waals surface area (Å²) in [6.45, 7) is 0.580. The van der Waals surface area contributed by atoms with Crippen LogP contribution in [0.3, 0.4) is 0 Å². The molecule has 1 fully saturated rings. The molecule has 0 saturated carbocycles. The molecule has 1 saturated heterocycles. The average molecular weight is 351 g/mol. The number of rotatable bonds is 4. The quantitative estimate of drug-likeness (QED) is 0.876. The van der Waals surface area contributed by atoms with E-state index < -0.39 is 29.5 Å². The van der Waals surface area contributed by atoms with E-state index >= 15 is 0 Å². The maximum absolute atomic E-state index is 12.7. The fraction of sp³-hybridized carbons (Fsp3) is 0.429. The first kappa shape index (κ1) is 17.6. The first-order chi connectivity index (χ1) is 10.7. The van der Waals surface area contributed by atoms with Crippen LogP contribution in [0.1, 0.15) is 12.0 Å². The van der Waals surface area contributed by atoms with Crippen LogP contribution in [0.15, 0.2) is 18.2 Å². The third-order valence-corrected chi connectivity index (χ3v) is 3.89. The molecular formula is C14H14ClF3N2O3. The number of likely N-dealkylation sites (tertiary alicyclic amines) is 1. The van der Waals surface area contributed by atoms with E-state index in [1.165, 1.54) is 0 Å². The van der Waals surface area contributed by atoms with Crippen molar-refractivity contribution in [1.29, 1.82) is 0 Å². The van der Waals surface area contributed by atoms with Gasteiger partial charge in [-0.15, -0.1) is 0 Å². The van der Waals surface area contributed by atoms with Crippen molar-refractivity contribution in [1.82, 2.24) is 4.90 Å². The van der Waals surface area contributed by atoms with E-state index in [4.69, 9.17) is 16.7 Å². The van der Waals surface area contributed by atoms with Gasteiger partial charge in [-0.05, 0) is 31.2 Å². The minimum atomic E-state index is -4.53. The lowest BCUT2D eigenvalue weighted by atomic mass is 10.1. The molecule has 0 spiro atoms. The summed E-state index contributed by atoms with van der Waals surface area (Å²) in [5.74, 6) is -1.99. The molecule has 1 atom stereocenters. The number of hydrogen-bond donors (Lipinski definition) is 2. The van der Waals surface area contributed by atoms with Gasteiger partial charge >= 0.3 is 12.1 Å². The van der Waals surface area contributed by atoms with Crippen molar-refractivity contribution < 1.29 is 27.9 Å². The van der Waals surface area contributed by atoms with Gasteiger partial charge in [0, 0.05) is 6.54 Å². The molecule has 126 valence electrons. The van der Waals surface area contributed by atoms with Crippen LogP contribution >= 0.6 is 11.6 Å². The van der Waals surface area contributed by atoms with Crippen LogP contribution < -0.4 is 5.32 Å². The second-order valence-electron chi connectivity index (χ2n) is 5.30. The lowest BCUT2D eigenvalue weighted by molar-refractivity contribution is -0.141. The van der Waals surface area contributed by atoms with Crippen molar-refractivity contribution >= 4 is 29.2 Å². The number of halogens is 4. The standard InChI is InChI=1S/C14H14ClF3N2O3/c15-10-2-1-9(14(16,17)18)5-11(10)19-12(21)7-20-4-3-8(6-20)13(22)23/h1-2,5,8H,3-4,6-7H2,(H,19,21)(H,22,23). The number of carbonyl (C=O) groups is 2. The van der Waals surface area contributed by atoms with Crippen molar-refractivity contribution in [3.05, 3.63) is 28.8 Å². The summed E-state index contributed by atoms with van der Waals surface area (Å²) in [6.07, 6.45) is -4.10. The van der Waals surface area contributed by atoms with Gasteiger partial charge in [0.05, 0.1) is 28.7 Å². The van der Waals surface area contributed by atoms with Crippen molar-refractivity contribution in [3.63, 3.8) is 0 Å². The molecule has 1 aliphatic heterocycles. The Balaban J connectivity index is 1.99. The maximum atomic E-state index is 12.7. The third-order valence-electron chi connectivity index (χ3n) is 3.56. The second-order valence-corrected chi connectivity index (χ2v) is 5.71. The molecule has 5 nitrogen and oxygen atoms in total. The zero-order valence-corrected chi connectivity index (χ0v) is 12.6. The third kappa shape index (κ3) is 4.59. The van der Waals surface area contributed by atoms with E-state index in [2.05, 4.69) is 5.32 Å². The van der Waals surface area contributed by atoms with Gasteiger partial charge in [0.25, 0.3) is 0 Å². The number of carboxylic acid groups (broad SMARTS) is 1. The van der Waals surface area contributed by atoms with E-state index in [1.807, 2.05) is 0 Å². The van der Waals surface area contributed by atoms with Crippen LogP contribution in [-0.4, -0.2) is 41.5 Å². The first-order valence-corrected chi connectivity index (χ1v) is 7.16.